The number of carboxylic acid groups (broad SMARTS) is 1. The molecule has 0 saturated carbocycles. The molecule has 0 amide bonds. The molecule has 2 N–H and O–H groups in total. The summed E-state index contributed by atoms with van der Waals surface area (Å²) in [6, 6.07) is 11.4. The van der Waals surface area contributed by atoms with Crippen molar-refractivity contribution in [2.75, 3.05) is 38.1 Å². The third-order valence-electron chi connectivity index (χ3n) is 7.22. The molecule has 3 heterocycles. The predicted octanol–water partition coefficient (Wildman–Crippen LogP) is 5.41. The number of nitrogens with zero attached hydrogens (tertiary/aromatic N) is 4. The number of fused-ring (bicyclic) bond motifs is 1. The quantitative estimate of drug-likeness (QED) is 0.292. The Morgan fingerprint density at radius 1 is 1.18 bits per heavy atom. The summed E-state index contributed by atoms with van der Waals surface area (Å²) in [6.45, 7) is 7.25. The highest BCUT2D eigenvalue weighted by atomic mass is 35.5. The molecule has 1 saturated heterocycles. The molecule has 8 nitrogen and oxygen atoms in total. The Morgan fingerprint density at radius 2 is 1.90 bits per heavy atom. The van der Waals surface area contributed by atoms with E-state index >= 15 is 0 Å². The van der Waals surface area contributed by atoms with Crippen LogP contribution in [0.25, 0.3) is 21.3 Å². The molecule has 39 heavy (non-hydrogen) atoms. The molecule has 1 aliphatic heterocycles. The van der Waals surface area contributed by atoms with Crippen molar-refractivity contribution in [2.24, 2.45) is 0 Å². The van der Waals surface area contributed by atoms with Crippen LogP contribution in [0.15, 0.2) is 42.7 Å². The smallest absolute Gasteiger partial charge is 0.345 e. The van der Waals surface area contributed by atoms with Crippen molar-refractivity contribution in [3.63, 3.8) is 0 Å². The van der Waals surface area contributed by atoms with Crippen molar-refractivity contribution in [2.45, 2.75) is 32.8 Å². The van der Waals surface area contributed by atoms with Gasteiger partial charge in [-0.2, -0.15) is 0 Å². The van der Waals surface area contributed by atoms with Crippen LogP contribution in [0.5, 0.6) is 11.6 Å². The van der Waals surface area contributed by atoms with Crippen molar-refractivity contribution in [3.05, 3.63) is 63.8 Å². The van der Waals surface area contributed by atoms with Crippen molar-refractivity contribution in [3.8, 4) is 22.8 Å². The number of aromatic nitrogens is 2. The van der Waals surface area contributed by atoms with Crippen LogP contribution in [-0.2, 0) is 17.6 Å². The minimum atomic E-state index is -1.13. The normalized spacial score (nSPS) is 15.0. The zero-order valence-electron chi connectivity index (χ0n) is 22.1. The first kappa shape index (κ1) is 27.2. The van der Waals surface area contributed by atoms with Gasteiger partial charge in [0.2, 0.25) is 12.0 Å². The first-order valence-electron chi connectivity index (χ1n) is 12.9. The van der Waals surface area contributed by atoms with Gasteiger partial charge < -0.3 is 24.7 Å². The van der Waals surface area contributed by atoms with E-state index in [0.29, 0.717) is 20.9 Å². The summed E-state index contributed by atoms with van der Waals surface area (Å²) in [5.41, 5.74) is 3.99. The molecule has 4 aromatic rings. The largest absolute Gasteiger partial charge is 0.504 e. The second-order valence-corrected chi connectivity index (χ2v) is 11.2. The summed E-state index contributed by atoms with van der Waals surface area (Å²) in [7, 11) is 2.08. The number of rotatable bonds is 8. The minimum Gasteiger partial charge on any atom is -0.504 e. The highest BCUT2D eigenvalue weighted by Gasteiger charge is 2.28. The van der Waals surface area contributed by atoms with Gasteiger partial charge in [-0.15, -0.1) is 11.3 Å². The van der Waals surface area contributed by atoms with Gasteiger partial charge in [-0.25, -0.2) is 14.8 Å². The summed E-state index contributed by atoms with van der Waals surface area (Å²) < 4.78 is 6.12. The predicted molar refractivity (Wildman–Crippen MR) is 156 cm³/mol. The van der Waals surface area contributed by atoms with Crippen molar-refractivity contribution < 1.29 is 19.7 Å². The number of hydrogen-bond donors (Lipinski definition) is 2. The zero-order valence-corrected chi connectivity index (χ0v) is 23.7. The van der Waals surface area contributed by atoms with Gasteiger partial charge in [-0.05, 0) is 43.1 Å². The molecule has 1 fully saturated rings. The Hall–Kier alpha value is -3.40. The summed E-state index contributed by atoms with van der Waals surface area (Å²) >= 11 is 8.26. The number of aliphatic carboxylic acids is 1. The maximum Gasteiger partial charge on any atom is 0.345 e. The molecule has 2 aromatic carbocycles. The van der Waals surface area contributed by atoms with E-state index in [9.17, 15) is 15.0 Å². The van der Waals surface area contributed by atoms with Crippen LogP contribution in [0.2, 0.25) is 5.02 Å². The van der Waals surface area contributed by atoms with E-state index in [1.807, 2.05) is 43.3 Å². The highest BCUT2D eigenvalue weighted by molar-refractivity contribution is 7.19. The van der Waals surface area contributed by atoms with Gasteiger partial charge in [0.1, 0.15) is 11.2 Å². The van der Waals surface area contributed by atoms with Crippen LogP contribution in [0.3, 0.4) is 0 Å². The second kappa shape index (κ2) is 11.4. The molecule has 0 bridgehead atoms. The number of carboxylic acids is 1. The van der Waals surface area contributed by atoms with Crippen molar-refractivity contribution in [1.82, 2.24) is 14.9 Å². The maximum atomic E-state index is 12.2. The van der Waals surface area contributed by atoms with E-state index in [-0.39, 0.29) is 18.1 Å². The Labute approximate surface area is 236 Å². The van der Waals surface area contributed by atoms with E-state index in [4.69, 9.17) is 16.3 Å². The monoisotopic (exact) mass is 566 g/mol. The summed E-state index contributed by atoms with van der Waals surface area (Å²) in [5, 5.41) is 22.0. The van der Waals surface area contributed by atoms with E-state index in [2.05, 4.69) is 33.7 Å². The molecule has 0 spiro atoms. The van der Waals surface area contributed by atoms with E-state index in [1.165, 1.54) is 17.7 Å². The SMILES string of the molecule is CCc1sc2ncnc(O[C@H](Cc3ccccc3)C(=O)O)c2c1-c1cc(N2CCN(C)CC2)c(O)c(Cl)c1C. The van der Waals surface area contributed by atoms with Crippen molar-refractivity contribution in [1.29, 1.82) is 0 Å². The number of piperazine rings is 1. The molecular weight excluding hydrogens is 536 g/mol. The third kappa shape index (κ3) is 5.39. The Morgan fingerprint density at radius 3 is 2.56 bits per heavy atom. The third-order valence-corrected chi connectivity index (χ3v) is 8.92. The number of phenols is 1. The number of aromatic hydroxyl groups is 1. The average molecular weight is 567 g/mol. The molecule has 5 rings (SSSR count). The number of benzene rings is 2. The molecule has 2 aromatic heterocycles. The fourth-order valence-corrected chi connectivity index (χ4v) is 6.27. The molecule has 0 aliphatic carbocycles. The van der Waals surface area contributed by atoms with Gasteiger partial charge in [0.25, 0.3) is 0 Å². The molecule has 1 aliphatic rings. The minimum absolute atomic E-state index is 0.0709. The van der Waals surface area contributed by atoms with E-state index in [1.54, 1.807) is 0 Å². The number of carbonyl (C=O) groups is 1. The van der Waals surface area contributed by atoms with Gasteiger partial charge in [-0.1, -0.05) is 48.9 Å². The fraction of sp³-hybridized carbons (Fsp3) is 0.345. The Kier molecular flexibility index (Phi) is 7.93. The molecule has 10 heteroatoms. The number of likely N-dealkylation sites (N-methyl/N-ethyl adjacent to an activating group) is 1. The lowest BCUT2D eigenvalue weighted by atomic mass is 9.96. The topological polar surface area (TPSA) is 99.0 Å². The van der Waals surface area contributed by atoms with Crippen LogP contribution in [0, 0.1) is 6.92 Å². The van der Waals surface area contributed by atoms with Gasteiger partial charge >= 0.3 is 5.97 Å². The number of halogens is 1. The van der Waals surface area contributed by atoms with E-state index in [0.717, 1.165) is 59.7 Å². The number of anilines is 1. The van der Waals surface area contributed by atoms with Crippen LogP contribution in [-0.4, -0.2) is 70.4 Å². The maximum absolute atomic E-state index is 12.2. The second-order valence-electron chi connectivity index (χ2n) is 9.77. The van der Waals surface area contributed by atoms with Gasteiger partial charge in [0.05, 0.1) is 16.1 Å². The number of aryl methyl sites for hydroxylation is 1. The fourth-order valence-electron chi connectivity index (χ4n) is 4.99. The van der Waals surface area contributed by atoms with Crippen LogP contribution in [0.4, 0.5) is 5.69 Å². The molecule has 0 radical (unpaired) electrons. The van der Waals surface area contributed by atoms with Crippen molar-refractivity contribution >= 4 is 44.8 Å². The Balaban J connectivity index is 1.64. The van der Waals surface area contributed by atoms with Crippen LogP contribution in [0.1, 0.15) is 22.9 Å². The lowest BCUT2D eigenvalue weighted by Crippen LogP contribution is -2.44. The standard InChI is InChI=1S/C29H31ClN4O4S/c1-4-22-23(19-15-20(26(35)25(30)17(19)2)34-12-10-33(3)11-13-34)24-27(31-16-32-28(24)39-22)38-21(29(36)37)14-18-8-6-5-7-9-18/h5-9,15-16,21,35H,4,10-14H2,1-3H3,(H,36,37)/t21-/m1/s1. The first-order chi connectivity index (χ1) is 18.8. The summed E-state index contributed by atoms with van der Waals surface area (Å²) in [4.78, 5) is 27.3. The molecule has 204 valence electrons. The number of thiophene rings is 1. The molecule has 0 unspecified atom stereocenters. The highest BCUT2D eigenvalue weighted by Crippen LogP contribution is 2.48. The lowest BCUT2D eigenvalue weighted by molar-refractivity contribution is -0.145. The van der Waals surface area contributed by atoms with Gasteiger partial charge in [0, 0.05) is 43.0 Å². The van der Waals surface area contributed by atoms with Crippen LogP contribution < -0.4 is 9.64 Å². The Bertz CT molecular complexity index is 1500. The zero-order chi connectivity index (χ0) is 27.7. The molecule has 1 atom stereocenters. The number of hydrogen-bond acceptors (Lipinski definition) is 8. The molecular formula is C29H31ClN4O4S. The van der Waals surface area contributed by atoms with Gasteiger partial charge in [-0.3, -0.25) is 0 Å². The number of phenolic OH excluding ortho intramolecular Hbond substituents is 1. The lowest BCUT2D eigenvalue weighted by Gasteiger charge is -2.35. The van der Waals surface area contributed by atoms with E-state index < -0.39 is 12.1 Å². The average Bonchev–Trinajstić information content (AvgIpc) is 3.32. The van der Waals surface area contributed by atoms with Crippen LogP contribution >= 0.6 is 22.9 Å². The van der Waals surface area contributed by atoms with Gasteiger partial charge in [0.15, 0.2) is 5.75 Å². The number of ether oxygens (including phenoxy) is 1. The first-order valence-corrected chi connectivity index (χ1v) is 14.1. The summed E-state index contributed by atoms with van der Waals surface area (Å²) in [6.07, 6.45) is 1.20. The summed E-state index contributed by atoms with van der Waals surface area (Å²) in [5.74, 6) is -0.778.